The van der Waals surface area contributed by atoms with Crippen molar-refractivity contribution in [2.45, 2.75) is 51.6 Å². The smallest absolute Gasteiger partial charge is 0.0132 e. The van der Waals surface area contributed by atoms with Gasteiger partial charge in [-0.2, -0.15) is 0 Å². The Hall–Kier alpha value is -0.340. The van der Waals surface area contributed by atoms with Crippen LogP contribution in [-0.4, -0.2) is 37.1 Å². The Kier molecular flexibility index (Phi) is 5.96. The van der Waals surface area contributed by atoms with E-state index in [0.29, 0.717) is 6.04 Å². The maximum Gasteiger partial charge on any atom is 0.0132 e. The first-order valence-corrected chi connectivity index (χ1v) is 6.31. The zero-order chi connectivity index (χ0) is 11.1. The average molecular weight is 210 g/mol. The molecular weight excluding hydrogens is 184 g/mol. The van der Waals surface area contributed by atoms with E-state index in [1.54, 1.807) is 0 Å². The molecule has 1 saturated heterocycles. The van der Waals surface area contributed by atoms with E-state index in [-0.39, 0.29) is 0 Å². The molecule has 1 heterocycles. The van der Waals surface area contributed by atoms with Gasteiger partial charge in [0, 0.05) is 18.6 Å². The molecule has 0 saturated carbocycles. The van der Waals surface area contributed by atoms with E-state index in [2.05, 4.69) is 36.2 Å². The van der Waals surface area contributed by atoms with Gasteiger partial charge in [0.15, 0.2) is 0 Å². The standard InChI is InChI=1S/C13H26N2/c1-12(2)15-11-7-5-9-13(15)8-4-6-10-14-3/h4,6,12-14H,5,7-11H2,1-3H3/b6-4-. The Labute approximate surface area is 94.7 Å². The van der Waals surface area contributed by atoms with E-state index < -0.39 is 0 Å². The topological polar surface area (TPSA) is 15.3 Å². The summed E-state index contributed by atoms with van der Waals surface area (Å²) in [6, 6.07) is 1.49. The van der Waals surface area contributed by atoms with Gasteiger partial charge in [-0.25, -0.2) is 0 Å². The molecule has 0 spiro atoms. The molecule has 0 bridgehead atoms. The molecule has 0 aliphatic carbocycles. The first-order valence-electron chi connectivity index (χ1n) is 6.31. The number of hydrogen-bond acceptors (Lipinski definition) is 2. The molecule has 0 aromatic rings. The van der Waals surface area contributed by atoms with Gasteiger partial charge in [0.25, 0.3) is 0 Å². The second-order valence-electron chi connectivity index (χ2n) is 4.75. The third-order valence-electron chi connectivity index (χ3n) is 3.23. The monoisotopic (exact) mass is 210 g/mol. The molecule has 15 heavy (non-hydrogen) atoms. The fourth-order valence-electron chi connectivity index (χ4n) is 2.41. The third-order valence-corrected chi connectivity index (χ3v) is 3.23. The van der Waals surface area contributed by atoms with Crippen LogP contribution in [0.3, 0.4) is 0 Å². The van der Waals surface area contributed by atoms with Gasteiger partial charge in [0.2, 0.25) is 0 Å². The van der Waals surface area contributed by atoms with Crippen LogP contribution in [-0.2, 0) is 0 Å². The van der Waals surface area contributed by atoms with Crippen molar-refractivity contribution in [3.05, 3.63) is 12.2 Å². The second-order valence-corrected chi connectivity index (χ2v) is 4.75. The van der Waals surface area contributed by atoms with Crippen molar-refractivity contribution in [2.24, 2.45) is 0 Å². The first-order chi connectivity index (χ1) is 7.25. The molecule has 0 aromatic heterocycles. The Morgan fingerprint density at radius 1 is 1.33 bits per heavy atom. The number of likely N-dealkylation sites (tertiary alicyclic amines) is 1. The predicted octanol–water partition coefficient (Wildman–Crippen LogP) is 2.42. The highest BCUT2D eigenvalue weighted by Gasteiger charge is 2.22. The largest absolute Gasteiger partial charge is 0.316 e. The van der Waals surface area contributed by atoms with Gasteiger partial charge in [-0.1, -0.05) is 18.6 Å². The summed E-state index contributed by atoms with van der Waals surface area (Å²) in [5.74, 6) is 0. The van der Waals surface area contributed by atoms with Crippen molar-refractivity contribution in [2.75, 3.05) is 20.1 Å². The number of hydrogen-bond donors (Lipinski definition) is 1. The van der Waals surface area contributed by atoms with Crippen molar-refractivity contribution in [1.82, 2.24) is 10.2 Å². The molecule has 0 aromatic carbocycles. The van der Waals surface area contributed by atoms with Crippen LogP contribution >= 0.6 is 0 Å². The number of nitrogens with one attached hydrogen (secondary N) is 1. The first kappa shape index (κ1) is 12.7. The highest BCUT2D eigenvalue weighted by atomic mass is 15.2. The van der Waals surface area contributed by atoms with Crippen LogP contribution in [0.15, 0.2) is 12.2 Å². The van der Waals surface area contributed by atoms with Crippen LogP contribution in [0.5, 0.6) is 0 Å². The van der Waals surface area contributed by atoms with Crippen LogP contribution in [0.25, 0.3) is 0 Å². The second kappa shape index (κ2) is 7.02. The minimum Gasteiger partial charge on any atom is -0.316 e. The molecule has 1 aliphatic heterocycles. The minimum absolute atomic E-state index is 0.702. The van der Waals surface area contributed by atoms with Crippen LogP contribution in [0.1, 0.15) is 39.5 Å². The van der Waals surface area contributed by atoms with Crippen molar-refractivity contribution >= 4 is 0 Å². The van der Waals surface area contributed by atoms with Crippen LogP contribution in [0.4, 0.5) is 0 Å². The maximum absolute atomic E-state index is 3.14. The Bertz CT molecular complexity index is 187. The van der Waals surface area contributed by atoms with Crippen molar-refractivity contribution < 1.29 is 0 Å². The number of piperidine rings is 1. The molecule has 0 amide bonds. The minimum atomic E-state index is 0.702. The van der Waals surface area contributed by atoms with Crippen LogP contribution in [0, 0.1) is 0 Å². The fourth-order valence-corrected chi connectivity index (χ4v) is 2.41. The molecule has 1 aliphatic rings. The number of likely N-dealkylation sites (N-methyl/N-ethyl adjacent to an activating group) is 1. The highest BCUT2D eigenvalue weighted by molar-refractivity contribution is 4.90. The Balaban J connectivity index is 2.35. The van der Waals surface area contributed by atoms with Crippen LogP contribution < -0.4 is 5.32 Å². The van der Waals surface area contributed by atoms with Crippen molar-refractivity contribution in [3.63, 3.8) is 0 Å². The van der Waals surface area contributed by atoms with Gasteiger partial charge in [0.05, 0.1) is 0 Å². The molecule has 1 N–H and O–H groups in total. The van der Waals surface area contributed by atoms with Gasteiger partial charge in [0.1, 0.15) is 0 Å². The van der Waals surface area contributed by atoms with E-state index in [4.69, 9.17) is 0 Å². The van der Waals surface area contributed by atoms with Gasteiger partial charge in [-0.3, -0.25) is 4.90 Å². The molecule has 1 rings (SSSR count). The van der Waals surface area contributed by atoms with Crippen molar-refractivity contribution in [3.8, 4) is 0 Å². The molecule has 2 heteroatoms. The summed E-state index contributed by atoms with van der Waals surface area (Å²) in [5.41, 5.74) is 0. The highest BCUT2D eigenvalue weighted by Crippen LogP contribution is 2.22. The molecule has 2 nitrogen and oxygen atoms in total. The van der Waals surface area contributed by atoms with E-state index in [1.165, 1.54) is 32.2 Å². The maximum atomic E-state index is 3.14. The van der Waals surface area contributed by atoms with Gasteiger partial charge in [-0.15, -0.1) is 0 Å². The molecule has 88 valence electrons. The fraction of sp³-hybridized carbons (Fsp3) is 0.846. The van der Waals surface area contributed by atoms with Gasteiger partial charge in [-0.05, 0) is 46.7 Å². The summed E-state index contributed by atoms with van der Waals surface area (Å²) in [4.78, 5) is 2.66. The molecule has 1 atom stereocenters. The predicted molar refractivity (Wildman–Crippen MR) is 67.2 cm³/mol. The SMILES string of the molecule is CNC/C=C\CC1CCCCN1C(C)C. The third kappa shape index (κ3) is 4.35. The van der Waals surface area contributed by atoms with E-state index in [9.17, 15) is 0 Å². The summed E-state index contributed by atoms with van der Waals surface area (Å²) in [7, 11) is 1.99. The molecule has 0 radical (unpaired) electrons. The zero-order valence-electron chi connectivity index (χ0n) is 10.5. The quantitative estimate of drug-likeness (QED) is 0.701. The zero-order valence-corrected chi connectivity index (χ0v) is 10.5. The van der Waals surface area contributed by atoms with E-state index in [1.807, 2.05) is 7.05 Å². The Morgan fingerprint density at radius 3 is 2.80 bits per heavy atom. The lowest BCUT2D eigenvalue weighted by atomic mass is 9.97. The van der Waals surface area contributed by atoms with Gasteiger partial charge < -0.3 is 5.32 Å². The molecular formula is C13H26N2. The summed E-state index contributed by atoms with van der Waals surface area (Å²) in [5, 5.41) is 3.14. The summed E-state index contributed by atoms with van der Waals surface area (Å²) in [6.07, 6.45) is 9.97. The van der Waals surface area contributed by atoms with Crippen LogP contribution in [0.2, 0.25) is 0 Å². The number of nitrogens with zero attached hydrogens (tertiary/aromatic N) is 1. The van der Waals surface area contributed by atoms with E-state index in [0.717, 1.165) is 12.6 Å². The van der Waals surface area contributed by atoms with Gasteiger partial charge >= 0.3 is 0 Å². The normalized spacial score (nSPS) is 24.1. The summed E-state index contributed by atoms with van der Waals surface area (Å²) in [6.45, 7) is 6.92. The average Bonchev–Trinajstić information content (AvgIpc) is 2.25. The lowest BCUT2D eigenvalue weighted by Gasteiger charge is -2.38. The van der Waals surface area contributed by atoms with E-state index >= 15 is 0 Å². The lowest BCUT2D eigenvalue weighted by Crippen LogP contribution is -2.43. The molecule has 1 unspecified atom stereocenters. The number of rotatable bonds is 5. The Morgan fingerprint density at radius 2 is 2.13 bits per heavy atom. The summed E-state index contributed by atoms with van der Waals surface area (Å²) >= 11 is 0. The summed E-state index contributed by atoms with van der Waals surface area (Å²) < 4.78 is 0. The lowest BCUT2D eigenvalue weighted by molar-refractivity contribution is 0.113. The molecule has 1 fully saturated rings. The van der Waals surface area contributed by atoms with Crippen molar-refractivity contribution in [1.29, 1.82) is 0 Å².